The fraction of sp³-hybridized carbons (Fsp3) is 0.778. The van der Waals surface area contributed by atoms with Gasteiger partial charge in [0.2, 0.25) is 0 Å². The van der Waals surface area contributed by atoms with Gasteiger partial charge >= 0.3 is 0 Å². The quantitative estimate of drug-likeness (QED) is 0.502. The summed E-state index contributed by atoms with van der Waals surface area (Å²) in [4.78, 5) is 0. The van der Waals surface area contributed by atoms with Crippen molar-refractivity contribution in [3.05, 3.63) is 0 Å². The van der Waals surface area contributed by atoms with Gasteiger partial charge in [-0.1, -0.05) is 13.8 Å². The van der Waals surface area contributed by atoms with Crippen LogP contribution < -0.4 is 4.72 Å². The minimum absolute atomic E-state index is 0.406. The van der Waals surface area contributed by atoms with Crippen LogP contribution in [-0.4, -0.2) is 32.4 Å². The minimum atomic E-state index is -3.29. The van der Waals surface area contributed by atoms with Gasteiger partial charge in [-0.3, -0.25) is 0 Å². The Morgan fingerprint density at radius 2 is 1.93 bits per heavy atom. The topological polar surface area (TPSA) is 49.4 Å². The second-order valence-electron chi connectivity index (χ2n) is 2.79. The highest BCUT2D eigenvalue weighted by molar-refractivity contribution is 7.87. The summed E-state index contributed by atoms with van der Waals surface area (Å²) < 4.78 is 26.9. The van der Waals surface area contributed by atoms with E-state index in [0.717, 1.165) is 0 Å². The lowest BCUT2D eigenvalue weighted by Crippen LogP contribution is -2.40. The molecule has 0 aliphatic carbocycles. The Hall–Kier alpha value is -0.570. The van der Waals surface area contributed by atoms with Crippen LogP contribution in [0.1, 0.15) is 26.7 Å². The van der Waals surface area contributed by atoms with E-state index in [2.05, 4.69) is 10.6 Å². The number of terminal acetylenes is 1. The molecule has 4 nitrogen and oxygen atoms in total. The first-order valence-electron chi connectivity index (χ1n) is 4.76. The third-order valence-corrected chi connectivity index (χ3v) is 3.59. The van der Waals surface area contributed by atoms with Crippen LogP contribution in [-0.2, 0) is 10.2 Å². The molecule has 0 bridgehead atoms. The number of unbranched alkanes of at least 4 members (excludes halogenated alkanes) is 1. The van der Waals surface area contributed by atoms with E-state index < -0.39 is 10.2 Å². The third kappa shape index (κ3) is 4.61. The van der Waals surface area contributed by atoms with E-state index in [-0.39, 0.29) is 0 Å². The summed E-state index contributed by atoms with van der Waals surface area (Å²) in [6.07, 6.45) is 6.33. The van der Waals surface area contributed by atoms with Crippen molar-refractivity contribution < 1.29 is 8.42 Å². The van der Waals surface area contributed by atoms with Crippen LogP contribution in [0.3, 0.4) is 0 Å². The largest absolute Gasteiger partial charge is 0.279 e. The standard InChI is InChI=1S/C9H18N2O2S/c1-4-7-8-9-10-14(12,13)11(5-2)6-3/h1,10H,5-9H2,2-3H3. The molecule has 0 unspecified atom stereocenters. The molecule has 82 valence electrons. The van der Waals surface area contributed by atoms with Crippen molar-refractivity contribution in [3.63, 3.8) is 0 Å². The Kier molecular flexibility index (Phi) is 6.54. The van der Waals surface area contributed by atoms with Gasteiger partial charge < -0.3 is 0 Å². The second-order valence-corrected chi connectivity index (χ2v) is 4.55. The Morgan fingerprint density at radius 1 is 1.36 bits per heavy atom. The average Bonchev–Trinajstić information content (AvgIpc) is 2.14. The van der Waals surface area contributed by atoms with Crippen LogP contribution in [0.25, 0.3) is 0 Å². The molecule has 0 saturated carbocycles. The molecule has 0 aliphatic rings. The molecule has 0 aliphatic heterocycles. The Bertz CT molecular complexity index is 276. The molecule has 0 aromatic carbocycles. The van der Waals surface area contributed by atoms with E-state index in [0.29, 0.717) is 32.5 Å². The first-order valence-corrected chi connectivity index (χ1v) is 6.20. The molecule has 0 rings (SSSR count). The van der Waals surface area contributed by atoms with E-state index in [1.54, 1.807) is 0 Å². The lowest BCUT2D eigenvalue weighted by molar-refractivity contribution is 0.434. The summed E-state index contributed by atoms with van der Waals surface area (Å²) in [7, 11) is -3.29. The number of hydrogen-bond donors (Lipinski definition) is 1. The van der Waals surface area contributed by atoms with E-state index in [4.69, 9.17) is 6.42 Å². The van der Waals surface area contributed by atoms with Gasteiger partial charge in [-0.05, 0) is 6.42 Å². The molecule has 0 heterocycles. The van der Waals surface area contributed by atoms with Crippen molar-refractivity contribution in [2.45, 2.75) is 26.7 Å². The molecule has 0 amide bonds. The summed E-state index contributed by atoms with van der Waals surface area (Å²) in [6, 6.07) is 0. The van der Waals surface area contributed by atoms with Crippen molar-refractivity contribution in [1.82, 2.24) is 9.03 Å². The second kappa shape index (κ2) is 6.82. The maximum atomic E-state index is 11.5. The van der Waals surface area contributed by atoms with Gasteiger partial charge in [0.25, 0.3) is 10.2 Å². The predicted molar refractivity (Wildman–Crippen MR) is 57.9 cm³/mol. The van der Waals surface area contributed by atoms with Crippen LogP contribution in [0.15, 0.2) is 0 Å². The smallest absolute Gasteiger partial charge is 0.202 e. The van der Waals surface area contributed by atoms with Crippen LogP contribution in [0.5, 0.6) is 0 Å². The van der Waals surface area contributed by atoms with E-state index >= 15 is 0 Å². The zero-order valence-electron chi connectivity index (χ0n) is 8.78. The zero-order chi connectivity index (χ0) is 11.0. The maximum Gasteiger partial charge on any atom is 0.279 e. The van der Waals surface area contributed by atoms with Gasteiger partial charge in [-0.15, -0.1) is 12.3 Å². The summed E-state index contributed by atoms with van der Waals surface area (Å²) >= 11 is 0. The summed E-state index contributed by atoms with van der Waals surface area (Å²) in [6.45, 7) is 5.00. The maximum absolute atomic E-state index is 11.5. The van der Waals surface area contributed by atoms with Crippen LogP contribution >= 0.6 is 0 Å². The number of rotatable bonds is 7. The van der Waals surface area contributed by atoms with Gasteiger partial charge in [-0.2, -0.15) is 12.7 Å². The van der Waals surface area contributed by atoms with Gasteiger partial charge in [0, 0.05) is 26.1 Å². The molecule has 5 heteroatoms. The Labute approximate surface area is 86.9 Å². The molecule has 14 heavy (non-hydrogen) atoms. The summed E-state index contributed by atoms with van der Waals surface area (Å²) in [5.74, 6) is 2.46. The zero-order valence-corrected chi connectivity index (χ0v) is 9.60. The third-order valence-electron chi connectivity index (χ3n) is 1.83. The number of hydrogen-bond acceptors (Lipinski definition) is 2. The fourth-order valence-corrected chi connectivity index (χ4v) is 2.31. The average molecular weight is 218 g/mol. The van der Waals surface area contributed by atoms with E-state index in [1.807, 2.05) is 13.8 Å². The molecule has 0 atom stereocenters. The van der Waals surface area contributed by atoms with Gasteiger partial charge in [-0.25, -0.2) is 4.72 Å². The normalized spacial score (nSPS) is 11.6. The highest BCUT2D eigenvalue weighted by Crippen LogP contribution is 1.96. The van der Waals surface area contributed by atoms with E-state index in [1.165, 1.54) is 4.31 Å². The summed E-state index contributed by atoms with van der Waals surface area (Å²) in [5.41, 5.74) is 0. The van der Waals surface area contributed by atoms with Gasteiger partial charge in [0.1, 0.15) is 0 Å². The first kappa shape index (κ1) is 13.4. The molecule has 0 aromatic heterocycles. The SMILES string of the molecule is C#CCCCNS(=O)(=O)N(CC)CC. The van der Waals surface area contributed by atoms with E-state index in [9.17, 15) is 8.42 Å². The molecule has 0 fully saturated rings. The Morgan fingerprint density at radius 3 is 2.36 bits per heavy atom. The fourth-order valence-electron chi connectivity index (χ4n) is 1.05. The molecular formula is C9H18N2O2S. The monoisotopic (exact) mass is 218 g/mol. The molecule has 0 aromatic rings. The first-order chi connectivity index (χ1) is 6.58. The highest BCUT2D eigenvalue weighted by atomic mass is 32.2. The Balaban J connectivity index is 4.02. The van der Waals surface area contributed by atoms with Crippen LogP contribution in [0.4, 0.5) is 0 Å². The summed E-state index contributed by atoms with van der Waals surface area (Å²) in [5, 5.41) is 0. The van der Waals surface area contributed by atoms with Gasteiger partial charge in [0.05, 0.1) is 0 Å². The lowest BCUT2D eigenvalue weighted by atomic mass is 10.3. The number of nitrogens with one attached hydrogen (secondary N) is 1. The lowest BCUT2D eigenvalue weighted by Gasteiger charge is -2.18. The molecule has 1 N–H and O–H groups in total. The number of nitrogens with zero attached hydrogens (tertiary/aromatic N) is 1. The van der Waals surface area contributed by atoms with Crippen molar-refractivity contribution in [2.24, 2.45) is 0 Å². The molecule has 0 radical (unpaired) electrons. The highest BCUT2D eigenvalue weighted by Gasteiger charge is 2.16. The van der Waals surface area contributed by atoms with Crippen molar-refractivity contribution in [3.8, 4) is 12.3 Å². The van der Waals surface area contributed by atoms with Crippen molar-refractivity contribution >= 4 is 10.2 Å². The predicted octanol–water partition coefficient (Wildman–Crippen LogP) is 0.576. The van der Waals surface area contributed by atoms with Crippen LogP contribution in [0, 0.1) is 12.3 Å². The van der Waals surface area contributed by atoms with Crippen LogP contribution in [0.2, 0.25) is 0 Å². The van der Waals surface area contributed by atoms with Crippen molar-refractivity contribution in [1.29, 1.82) is 0 Å². The van der Waals surface area contributed by atoms with Gasteiger partial charge in [0.15, 0.2) is 0 Å². The molecule has 0 saturated heterocycles. The van der Waals surface area contributed by atoms with Crippen molar-refractivity contribution in [2.75, 3.05) is 19.6 Å². The molecular weight excluding hydrogens is 200 g/mol. The molecule has 0 spiro atoms. The minimum Gasteiger partial charge on any atom is -0.202 e.